The van der Waals surface area contributed by atoms with Gasteiger partial charge in [-0.2, -0.15) is 0 Å². The number of carbonyl (C=O) groups excluding carboxylic acids is 4. The van der Waals surface area contributed by atoms with Crippen LogP contribution in [-0.4, -0.2) is 61.5 Å². The molecule has 0 radical (unpaired) electrons. The Balaban J connectivity index is 1.24. The number of aryl methyl sites for hydroxylation is 6. The van der Waals surface area contributed by atoms with Gasteiger partial charge in [-0.1, -0.05) is 58.9 Å². The third-order valence-corrected chi connectivity index (χ3v) is 12.4. The van der Waals surface area contributed by atoms with E-state index in [1.165, 1.54) is 18.6 Å². The van der Waals surface area contributed by atoms with E-state index in [9.17, 15) is 19.2 Å². The van der Waals surface area contributed by atoms with Crippen molar-refractivity contribution in [2.45, 2.75) is 66.4 Å². The first-order valence-corrected chi connectivity index (χ1v) is 20.3. The number of anilines is 4. The fourth-order valence-electron chi connectivity index (χ4n) is 7.17. The monoisotopic (exact) mass is 836 g/mol. The molecule has 306 valence electrons. The van der Waals surface area contributed by atoms with Crippen LogP contribution in [0.25, 0.3) is 0 Å². The highest BCUT2D eigenvalue weighted by Crippen LogP contribution is 2.48. The van der Waals surface area contributed by atoms with Crippen LogP contribution < -0.4 is 41.5 Å². The minimum absolute atomic E-state index is 0.0745. The molecule has 0 saturated heterocycles. The maximum absolute atomic E-state index is 14.3. The minimum atomic E-state index is -0.914. The number of allylic oxidation sites excluding steroid dienone is 2. The number of urea groups is 2. The highest BCUT2D eigenvalue weighted by molar-refractivity contribution is 8.05. The zero-order chi connectivity index (χ0) is 42.1. The van der Waals surface area contributed by atoms with E-state index in [1.807, 2.05) is 65.8 Å². The number of aromatic nitrogens is 2. The molecule has 6 amide bonds. The van der Waals surface area contributed by atoms with Gasteiger partial charge in [-0.05, 0) is 89.8 Å². The van der Waals surface area contributed by atoms with Crippen molar-refractivity contribution >= 4 is 70.3 Å². The Morgan fingerprint density at radius 1 is 0.678 bits per heavy atom. The third kappa shape index (κ3) is 8.73. The van der Waals surface area contributed by atoms with Crippen molar-refractivity contribution in [3.05, 3.63) is 116 Å². The highest BCUT2D eigenvalue weighted by atomic mass is 32.2. The van der Waals surface area contributed by atoms with Crippen molar-refractivity contribution in [2.24, 2.45) is 0 Å². The fourth-order valence-corrected chi connectivity index (χ4v) is 9.80. The zero-order valence-electron chi connectivity index (χ0n) is 33.7. The Hall–Kier alpha value is -6.40. The SMILES string of the molecule is CC1=C(C(=O)Nc2c(C)cc(C)cc2C)SC(N2C(C)=C(C(=O)Nc3c(C)cc(C)cc3C)SC2NC(=O)Nc2cnccn2)N1NC(=O)Nc1ccc2c(c1)OCO2. The van der Waals surface area contributed by atoms with Crippen molar-refractivity contribution in [3.8, 4) is 11.5 Å². The Kier molecular flexibility index (Phi) is 11.6. The lowest BCUT2D eigenvalue weighted by Crippen LogP contribution is -2.56. The van der Waals surface area contributed by atoms with Crippen LogP contribution in [0.3, 0.4) is 0 Å². The average molecular weight is 837 g/mol. The molecule has 0 aliphatic carbocycles. The average Bonchev–Trinajstić information content (AvgIpc) is 3.86. The first-order valence-electron chi connectivity index (χ1n) is 18.6. The summed E-state index contributed by atoms with van der Waals surface area (Å²) in [6, 6.07) is 11.7. The number of thioether (sulfide) groups is 2. The smallest absolute Gasteiger partial charge is 0.338 e. The molecular formula is C41H44N10O6S2. The van der Waals surface area contributed by atoms with E-state index in [1.54, 1.807) is 42.0 Å². The molecule has 2 unspecified atom stereocenters. The number of carbonyl (C=O) groups is 4. The van der Waals surface area contributed by atoms with Gasteiger partial charge in [-0.15, -0.1) is 0 Å². The Labute approximate surface area is 349 Å². The predicted molar refractivity (Wildman–Crippen MR) is 229 cm³/mol. The molecule has 4 aromatic rings. The molecule has 0 saturated carbocycles. The van der Waals surface area contributed by atoms with E-state index >= 15 is 0 Å². The van der Waals surface area contributed by atoms with Crippen LogP contribution in [0.15, 0.2) is 82.3 Å². The van der Waals surface area contributed by atoms with E-state index in [-0.39, 0.29) is 18.5 Å². The van der Waals surface area contributed by atoms with Crippen molar-refractivity contribution in [3.63, 3.8) is 0 Å². The van der Waals surface area contributed by atoms with E-state index in [4.69, 9.17) is 9.47 Å². The molecule has 1 aromatic heterocycles. The van der Waals surface area contributed by atoms with Gasteiger partial charge in [0.2, 0.25) is 6.79 Å². The normalized spacial score (nSPS) is 16.9. The van der Waals surface area contributed by atoms with Crippen LogP contribution in [0, 0.1) is 41.5 Å². The molecular weight excluding hydrogens is 793 g/mol. The van der Waals surface area contributed by atoms with Crippen LogP contribution in [0.4, 0.5) is 32.5 Å². The summed E-state index contributed by atoms with van der Waals surface area (Å²) in [6.07, 6.45) is 4.34. The summed E-state index contributed by atoms with van der Waals surface area (Å²) in [7, 11) is 0. The van der Waals surface area contributed by atoms with E-state index < -0.39 is 29.0 Å². The predicted octanol–water partition coefficient (Wildman–Crippen LogP) is 7.32. The molecule has 16 nitrogen and oxygen atoms in total. The van der Waals surface area contributed by atoms with Gasteiger partial charge in [-0.25, -0.2) is 20.0 Å². The van der Waals surface area contributed by atoms with Gasteiger partial charge in [0.05, 0.1) is 21.7 Å². The fraction of sp³-hybridized carbons (Fsp3) is 0.268. The minimum Gasteiger partial charge on any atom is -0.454 e. The van der Waals surface area contributed by atoms with Gasteiger partial charge < -0.3 is 35.6 Å². The number of nitrogens with zero attached hydrogens (tertiary/aromatic N) is 4. The number of hydrogen-bond acceptors (Lipinski definition) is 12. The van der Waals surface area contributed by atoms with Crippen LogP contribution in [0.1, 0.15) is 47.2 Å². The lowest BCUT2D eigenvalue weighted by atomic mass is 10.1. The van der Waals surface area contributed by atoms with E-state index in [2.05, 4.69) is 42.0 Å². The molecule has 0 fully saturated rings. The van der Waals surface area contributed by atoms with Gasteiger partial charge in [-0.3, -0.25) is 24.9 Å². The lowest BCUT2D eigenvalue weighted by molar-refractivity contribution is -0.113. The highest BCUT2D eigenvalue weighted by Gasteiger charge is 2.46. The number of hydrogen-bond donors (Lipinski definition) is 6. The number of rotatable bonds is 9. The molecule has 18 heteroatoms. The van der Waals surface area contributed by atoms with Crippen LogP contribution in [0.2, 0.25) is 0 Å². The number of amides is 6. The number of benzene rings is 3. The summed E-state index contributed by atoms with van der Waals surface area (Å²) in [5, 5.41) is 16.2. The largest absolute Gasteiger partial charge is 0.454 e. The molecule has 59 heavy (non-hydrogen) atoms. The van der Waals surface area contributed by atoms with Gasteiger partial charge in [0, 0.05) is 41.2 Å². The quantitative estimate of drug-likeness (QED) is 0.0987. The molecule has 3 aliphatic rings. The first-order chi connectivity index (χ1) is 28.2. The van der Waals surface area contributed by atoms with Crippen molar-refractivity contribution in [2.75, 3.05) is 28.1 Å². The first kappa shape index (κ1) is 40.8. The lowest BCUT2D eigenvalue weighted by Gasteiger charge is -2.38. The molecule has 7 rings (SSSR count). The summed E-state index contributed by atoms with van der Waals surface area (Å²) < 4.78 is 10.9. The number of ether oxygens (including phenoxy) is 2. The van der Waals surface area contributed by atoms with E-state index in [0.717, 1.165) is 56.9 Å². The second-order valence-corrected chi connectivity index (χ2v) is 16.5. The molecule has 6 N–H and O–H groups in total. The molecule has 0 bridgehead atoms. The maximum atomic E-state index is 14.3. The maximum Gasteiger partial charge on any atom is 0.338 e. The Morgan fingerprint density at radius 3 is 1.86 bits per heavy atom. The van der Waals surface area contributed by atoms with Crippen molar-refractivity contribution in [1.82, 2.24) is 30.6 Å². The van der Waals surface area contributed by atoms with Crippen molar-refractivity contribution < 1.29 is 28.7 Å². The number of hydrazine groups is 1. The third-order valence-electron chi connectivity index (χ3n) is 9.73. The number of nitrogens with one attached hydrogen (secondary N) is 6. The molecule has 4 heterocycles. The standard InChI is InChI=1S/C41H44N10O6S2/c1-20-13-22(3)32(23(4)14-20)46-36(52)34-26(7)50(40(58-34)48-38(54)45-31-18-42-11-12-43-31)41-51(49-39(55)44-28-9-10-29-30(17-28)57-19-56-29)27(8)35(59-41)37(53)47-33-24(5)15-21(2)16-25(33)6/h9-18,40-41H,19H2,1-8H3,(H,46,52)(H,47,53)(H2,44,49,55)(H2,43,45,48,54). The summed E-state index contributed by atoms with van der Waals surface area (Å²) >= 11 is 2.28. The van der Waals surface area contributed by atoms with E-state index in [0.29, 0.717) is 49.8 Å². The molecule has 0 spiro atoms. The molecule has 3 aliphatic heterocycles. The Morgan fingerprint density at radius 2 is 1.27 bits per heavy atom. The topological polar surface area (TPSA) is 191 Å². The molecule has 3 aromatic carbocycles. The van der Waals surface area contributed by atoms with Crippen LogP contribution >= 0.6 is 23.5 Å². The summed E-state index contributed by atoms with van der Waals surface area (Å²) in [6.45, 7) is 15.3. The molecule has 2 atom stereocenters. The van der Waals surface area contributed by atoms with Crippen LogP contribution in [0.5, 0.6) is 11.5 Å². The summed E-state index contributed by atoms with van der Waals surface area (Å²) in [5.41, 5.74) is 9.55. The second-order valence-electron chi connectivity index (χ2n) is 14.3. The summed E-state index contributed by atoms with van der Waals surface area (Å²) in [5.74, 6) is 0.476. The van der Waals surface area contributed by atoms with Gasteiger partial charge in [0.15, 0.2) is 28.3 Å². The van der Waals surface area contributed by atoms with Gasteiger partial charge >= 0.3 is 12.1 Å². The van der Waals surface area contributed by atoms with Crippen LogP contribution in [-0.2, 0) is 9.59 Å². The van der Waals surface area contributed by atoms with Crippen molar-refractivity contribution in [1.29, 1.82) is 0 Å². The summed E-state index contributed by atoms with van der Waals surface area (Å²) in [4.78, 5) is 66.4. The number of fused-ring (bicyclic) bond motifs is 1. The second kappa shape index (κ2) is 16.8. The Bertz CT molecular complexity index is 2400. The van der Waals surface area contributed by atoms with Gasteiger partial charge in [0.25, 0.3) is 11.8 Å². The van der Waals surface area contributed by atoms with Gasteiger partial charge in [0.1, 0.15) is 0 Å². The zero-order valence-corrected chi connectivity index (χ0v) is 35.3.